The van der Waals surface area contributed by atoms with Gasteiger partial charge >= 0.3 is 0 Å². The lowest BCUT2D eigenvalue weighted by Crippen LogP contribution is -2.42. The van der Waals surface area contributed by atoms with Crippen LogP contribution in [0.4, 0.5) is 0 Å². The van der Waals surface area contributed by atoms with Gasteiger partial charge in [0.05, 0.1) is 4.34 Å². The van der Waals surface area contributed by atoms with Crippen LogP contribution in [0, 0.1) is 0 Å². The standard InChI is InChI=1S/C14H14ClNO2S2/c1-10-8-11-4-2-3-5-12(11)9-16(10)20(17,18)14-7-6-13(15)19-14/h2-7,10H,8-9H2,1H3. The van der Waals surface area contributed by atoms with Gasteiger partial charge in [0.15, 0.2) is 0 Å². The maximum atomic E-state index is 12.7. The predicted molar refractivity (Wildman–Crippen MR) is 81.7 cm³/mol. The molecule has 0 amide bonds. The number of nitrogens with zero attached hydrogens (tertiary/aromatic N) is 1. The summed E-state index contributed by atoms with van der Waals surface area (Å²) in [5.41, 5.74) is 2.31. The Labute approximate surface area is 127 Å². The third kappa shape index (κ3) is 2.39. The Bertz CT molecular complexity index is 739. The molecule has 0 fully saturated rings. The SMILES string of the molecule is CC1Cc2ccccc2CN1S(=O)(=O)c1ccc(Cl)s1. The number of halogens is 1. The topological polar surface area (TPSA) is 37.4 Å². The van der Waals surface area contributed by atoms with Gasteiger partial charge in [0.1, 0.15) is 4.21 Å². The van der Waals surface area contributed by atoms with E-state index in [0.29, 0.717) is 15.1 Å². The largest absolute Gasteiger partial charge is 0.253 e. The Kier molecular flexibility index (Phi) is 3.62. The summed E-state index contributed by atoms with van der Waals surface area (Å²) in [6, 6.07) is 11.2. The van der Waals surface area contributed by atoms with Gasteiger partial charge in [-0.3, -0.25) is 0 Å². The quantitative estimate of drug-likeness (QED) is 0.846. The van der Waals surface area contributed by atoms with Crippen LogP contribution in [0.25, 0.3) is 0 Å². The fourth-order valence-corrected chi connectivity index (χ4v) is 5.75. The van der Waals surface area contributed by atoms with Gasteiger partial charge in [-0.15, -0.1) is 11.3 Å². The minimum atomic E-state index is -3.47. The molecular weight excluding hydrogens is 314 g/mol. The zero-order chi connectivity index (χ0) is 14.3. The van der Waals surface area contributed by atoms with Crippen LogP contribution < -0.4 is 0 Å². The van der Waals surface area contributed by atoms with Gasteiger partial charge in [-0.25, -0.2) is 8.42 Å². The second-order valence-electron chi connectivity index (χ2n) is 4.93. The molecular formula is C14H14ClNO2S2. The minimum absolute atomic E-state index is 0.0456. The first-order chi connectivity index (χ1) is 9.48. The number of sulfonamides is 1. The van der Waals surface area contributed by atoms with Gasteiger partial charge in [0, 0.05) is 12.6 Å². The van der Waals surface area contributed by atoms with Gasteiger partial charge in [-0.05, 0) is 36.6 Å². The highest BCUT2D eigenvalue weighted by atomic mass is 35.5. The summed E-state index contributed by atoms with van der Waals surface area (Å²) in [4.78, 5) is 0. The third-order valence-corrected chi connectivity index (χ3v) is 7.22. The molecule has 20 heavy (non-hydrogen) atoms. The molecule has 1 aliphatic rings. The fourth-order valence-electron chi connectivity index (χ4n) is 2.53. The molecule has 3 nitrogen and oxygen atoms in total. The number of benzene rings is 1. The van der Waals surface area contributed by atoms with Crippen LogP contribution in [-0.2, 0) is 23.0 Å². The van der Waals surface area contributed by atoms with E-state index in [1.165, 1.54) is 5.56 Å². The third-order valence-electron chi connectivity index (χ3n) is 3.56. The van der Waals surface area contributed by atoms with E-state index in [1.54, 1.807) is 16.4 Å². The molecule has 0 saturated carbocycles. The van der Waals surface area contributed by atoms with E-state index < -0.39 is 10.0 Å². The van der Waals surface area contributed by atoms with Crippen LogP contribution in [-0.4, -0.2) is 18.8 Å². The first-order valence-electron chi connectivity index (χ1n) is 6.32. The van der Waals surface area contributed by atoms with Crippen molar-refractivity contribution < 1.29 is 8.42 Å². The van der Waals surface area contributed by atoms with Crippen molar-refractivity contribution in [1.29, 1.82) is 0 Å². The van der Waals surface area contributed by atoms with Gasteiger partial charge in [-0.2, -0.15) is 4.31 Å². The summed E-state index contributed by atoms with van der Waals surface area (Å²) < 4.78 is 27.8. The van der Waals surface area contributed by atoms with Gasteiger partial charge in [-0.1, -0.05) is 35.9 Å². The first kappa shape index (κ1) is 14.1. The number of hydrogen-bond donors (Lipinski definition) is 0. The monoisotopic (exact) mass is 327 g/mol. The molecule has 1 unspecified atom stereocenters. The van der Waals surface area contributed by atoms with E-state index in [0.717, 1.165) is 23.3 Å². The first-order valence-corrected chi connectivity index (χ1v) is 8.96. The fraction of sp³-hybridized carbons (Fsp3) is 0.286. The lowest BCUT2D eigenvalue weighted by molar-refractivity contribution is 0.310. The molecule has 1 atom stereocenters. The van der Waals surface area contributed by atoms with Crippen molar-refractivity contribution >= 4 is 33.0 Å². The molecule has 2 aromatic rings. The van der Waals surface area contributed by atoms with Crippen molar-refractivity contribution in [2.24, 2.45) is 0 Å². The molecule has 1 aromatic carbocycles. The Morgan fingerprint density at radius 1 is 1.20 bits per heavy atom. The predicted octanol–water partition coefficient (Wildman–Crippen LogP) is 3.54. The molecule has 0 saturated heterocycles. The lowest BCUT2D eigenvalue weighted by atomic mass is 9.97. The Morgan fingerprint density at radius 3 is 2.55 bits per heavy atom. The van der Waals surface area contributed by atoms with E-state index in [2.05, 4.69) is 6.07 Å². The average molecular weight is 328 g/mol. The minimum Gasteiger partial charge on any atom is -0.206 e. The van der Waals surface area contributed by atoms with Crippen LogP contribution in [0.2, 0.25) is 4.34 Å². The van der Waals surface area contributed by atoms with E-state index in [9.17, 15) is 8.42 Å². The summed E-state index contributed by atoms with van der Waals surface area (Å²) in [6.45, 7) is 2.37. The number of rotatable bonds is 2. The van der Waals surface area contributed by atoms with Crippen LogP contribution >= 0.6 is 22.9 Å². The molecule has 6 heteroatoms. The number of hydrogen-bond acceptors (Lipinski definition) is 3. The van der Waals surface area contributed by atoms with Crippen molar-refractivity contribution in [2.75, 3.05) is 0 Å². The maximum absolute atomic E-state index is 12.7. The molecule has 1 aliphatic heterocycles. The van der Waals surface area contributed by atoms with Crippen molar-refractivity contribution in [3.63, 3.8) is 0 Å². The highest BCUT2D eigenvalue weighted by Crippen LogP contribution is 2.33. The number of fused-ring (bicyclic) bond motifs is 1. The second-order valence-corrected chi connectivity index (χ2v) is 8.76. The molecule has 1 aromatic heterocycles. The van der Waals surface area contributed by atoms with Crippen LogP contribution in [0.5, 0.6) is 0 Å². The van der Waals surface area contributed by atoms with Crippen LogP contribution in [0.3, 0.4) is 0 Å². The summed E-state index contributed by atoms with van der Waals surface area (Å²) in [7, 11) is -3.47. The zero-order valence-electron chi connectivity index (χ0n) is 10.9. The summed E-state index contributed by atoms with van der Waals surface area (Å²) in [5, 5.41) is 0. The maximum Gasteiger partial charge on any atom is 0.253 e. The van der Waals surface area contributed by atoms with Crippen LogP contribution in [0.1, 0.15) is 18.1 Å². The second kappa shape index (κ2) is 5.15. The van der Waals surface area contributed by atoms with Crippen LogP contribution in [0.15, 0.2) is 40.6 Å². The Morgan fingerprint density at radius 2 is 1.90 bits per heavy atom. The summed E-state index contributed by atoms with van der Waals surface area (Å²) in [5.74, 6) is 0. The lowest BCUT2D eigenvalue weighted by Gasteiger charge is -2.33. The molecule has 2 heterocycles. The van der Waals surface area contributed by atoms with Crippen molar-refractivity contribution in [3.8, 4) is 0 Å². The van der Waals surface area contributed by atoms with Crippen molar-refractivity contribution in [1.82, 2.24) is 4.31 Å². The van der Waals surface area contributed by atoms with Crippen molar-refractivity contribution in [2.45, 2.75) is 30.1 Å². The molecule has 0 radical (unpaired) electrons. The molecule has 0 bridgehead atoms. The number of thiophene rings is 1. The smallest absolute Gasteiger partial charge is 0.206 e. The van der Waals surface area contributed by atoms with Gasteiger partial charge in [0.2, 0.25) is 0 Å². The average Bonchev–Trinajstić information content (AvgIpc) is 2.85. The van der Waals surface area contributed by atoms with E-state index in [-0.39, 0.29) is 6.04 Å². The molecule has 0 N–H and O–H groups in total. The molecule has 106 valence electrons. The summed E-state index contributed by atoms with van der Waals surface area (Å²) >= 11 is 6.97. The molecule has 0 aliphatic carbocycles. The van der Waals surface area contributed by atoms with E-state index in [4.69, 9.17) is 11.6 Å². The Balaban J connectivity index is 1.99. The molecule has 3 rings (SSSR count). The molecule has 0 spiro atoms. The van der Waals surface area contributed by atoms with Crippen molar-refractivity contribution in [3.05, 3.63) is 51.9 Å². The van der Waals surface area contributed by atoms with Gasteiger partial charge in [0.25, 0.3) is 10.0 Å². The highest BCUT2D eigenvalue weighted by Gasteiger charge is 2.33. The van der Waals surface area contributed by atoms with Gasteiger partial charge < -0.3 is 0 Å². The van der Waals surface area contributed by atoms with E-state index in [1.807, 2.05) is 25.1 Å². The van der Waals surface area contributed by atoms with E-state index >= 15 is 0 Å². The Hall–Kier alpha value is -0.880. The zero-order valence-corrected chi connectivity index (χ0v) is 13.3. The highest BCUT2D eigenvalue weighted by molar-refractivity contribution is 7.91. The summed E-state index contributed by atoms with van der Waals surface area (Å²) in [6.07, 6.45) is 0.745. The normalized spacial score (nSPS) is 19.8.